The molecule has 0 unspecified atom stereocenters. The van der Waals surface area contributed by atoms with Crippen LogP contribution in [-0.4, -0.2) is 32.4 Å². The van der Waals surface area contributed by atoms with E-state index in [1.807, 2.05) is 6.07 Å². The molecule has 0 bridgehead atoms. The lowest BCUT2D eigenvalue weighted by molar-refractivity contribution is -0.386. The molecule has 0 heterocycles. The fourth-order valence-electron chi connectivity index (χ4n) is 2.32. The number of hydrogen-bond donors (Lipinski definition) is 1. The first-order valence-electron chi connectivity index (χ1n) is 7.90. The van der Waals surface area contributed by atoms with Crippen LogP contribution in [-0.2, 0) is 14.8 Å². The minimum absolute atomic E-state index is 0.0871. The van der Waals surface area contributed by atoms with Gasteiger partial charge in [-0.15, -0.1) is 0 Å². The fourth-order valence-corrected chi connectivity index (χ4v) is 2.86. The van der Waals surface area contributed by atoms with E-state index in [9.17, 15) is 23.3 Å². The lowest BCUT2D eigenvalue weighted by Crippen LogP contribution is -2.35. The molecule has 0 fully saturated rings. The first-order chi connectivity index (χ1) is 13.2. The van der Waals surface area contributed by atoms with Gasteiger partial charge in [0.2, 0.25) is 10.0 Å². The summed E-state index contributed by atoms with van der Waals surface area (Å²) < 4.78 is 28.0. The van der Waals surface area contributed by atoms with Crippen LogP contribution in [0.5, 0.6) is 5.75 Å². The minimum atomic E-state index is -4.13. The van der Waals surface area contributed by atoms with E-state index < -0.39 is 38.0 Å². The highest BCUT2D eigenvalue weighted by Gasteiger charge is 2.22. The standard InChI is InChI=1S/C17H16N4O6S/c18-9-4-10-20(13-5-2-1-3-6-13)17(22)12-27-16-8-7-14(28(19,25)26)11-15(16)21(23)24/h1-3,5-8,11H,4,10,12H2,(H2,19,25,26). The summed E-state index contributed by atoms with van der Waals surface area (Å²) in [5, 5.41) is 25.0. The van der Waals surface area contributed by atoms with Gasteiger partial charge in [-0.25, -0.2) is 13.6 Å². The topological polar surface area (TPSA) is 157 Å². The van der Waals surface area contributed by atoms with Gasteiger partial charge in [0.15, 0.2) is 12.4 Å². The zero-order valence-corrected chi connectivity index (χ0v) is 15.3. The summed E-state index contributed by atoms with van der Waals surface area (Å²) in [7, 11) is -4.13. The number of sulfonamides is 1. The fraction of sp³-hybridized carbons (Fsp3) is 0.176. The summed E-state index contributed by atoms with van der Waals surface area (Å²) in [6, 6.07) is 13.4. The molecule has 2 aromatic carbocycles. The number of nitrogens with two attached hydrogens (primary N) is 1. The zero-order chi connectivity index (χ0) is 20.7. The van der Waals surface area contributed by atoms with Crippen molar-refractivity contribution in [2.75, 3.05) is 18.1 Å². The predicted octanol–water partition coefficient (Wildman–Crippen LogP) is 1.57. The second-order valence-electron chi connectivity index (χ2n) is 5.51. The number of para-hydroxylation sites is 1. The van der Waals surface area contributed by atoms with Crippen LogP contribution < -0.4 is 14.8 Å². The number of nitro benzene ring substituents is 1. The van der Waals surface area contributed by atoms with Gasteiger partial charge in [-0.05, 0) is 24.3 Å². The van der Waals surface area contributed by atoms with Crippen molar-refractivity contribution < 1.29 is 22.9 Å². The number of rotatable bonds is 8. The largest absolute Gasteiger partial charge is 0.477 e. The monoisotopic (exact) mass is 404 g/mol. The first kappa shape index (κ1) is 20.8. The summed E-state index contributed by atoms with van der Waals surface area (Å²) in [5.74, 6) is -0.801. The van der Waals surface area contributed by atoms with Crippen LogP contribution >= 0.6 is 0 Å². The van der Waals surface area contributed by atoms with Gasteiger partial charge in [0.05, 0.1) is 22.3 Å². The maximum atomic E-state index is 12.5. The van der Waals surface area contributed by atoms with Crippen LogP contribution in [0, 0.1) is 21.4 Å². The number of carbonyl (C=O) groups excluding carboxylic acids is 1. The Morgan fingerprint density at radius 2 is 1.93 bits per heavy atom. The minimum Gasteiger partial charge on any atom is -0.477 e. The Kier molecular flexibility index (Phi) is 6.64. The second-order valence-corrected chi connectivity index (χ2v) is 7.07. The molecule has 28 heavy (non-hydrogen) atoms. The third kappa shape index (κ3) is 5.26. The number of ether oxygens (including phenoxy) is 1. The highest BCUT2D eigenvalue weighted by atomic mass is 32.2. The number of nitrogens with zero attached hydrogens (tertiary/aromatic N) is 3. The number of benzene rings is 2. The van der Waals surface area contributed by atoms with Crippen molar-refractivity contribution in [1.29, 1.82) is 5.26 Å². The van der Waals surface area contributed by atoms with E-state index in [-0.39, 0.29) is 18.7 Å². The third-order valence-electron chi connectivity index (χ3n) is 3.62. The van der Waals surface area contributed by atoms with Crippen molar-refractivity contribution in [3.63, 3.8) is 0 Å². The quantitative estimate of drug-likeness (QED) is 0.516. The molecule has 0 aromatic heterocycles. The van der Waals surface area contributed by atoms with Crippen molar-refractivity contribution in [2.24, 2.45) is 5.14 Å². The third-order valence-corrected chi connectivity index (χ3v) is 4.53. The number of hydrogen-bond acceptors (Lipinski definition) is 7. The Morgan fingerprint density at radius 1 is 1.25 bits per heavy atom. The number of carbonyl (C=O) groups is 1. The Labute approximate surface area is 160 Å². The number of nitriles is 1. The van der Waals surface area contributed by atoms with E-state index in [2.05, 4.69) is 0 Å². The van der Waals surface area contributed by atoms with Crippen LogP contribution in [0.2, 0.25) is 0 Å². The molecule has 11 heteroatoms. The van der Waals surface area contributed by atoms with Crippen molar-refractivity contribution >= 4 is 27.3 Å². The number of amides is 1. The average Bonchev–Trinajstić information content (AvgIpc) is 2.66. The van der Waals surface area contributed by atoms with E-state index in [4.69, 9.17) is 15.1 Å². The summed E-state index contributed by atoms with van der Waals surface area (Å²) >= 11 is 0. The lowest BCUT2D eigenvalue weighted by atomic mass is 10.2. The van der Waals surface area contributed by atoms with E-state index in [0.29, 0.717) is 5.69 Å². The van der Waals surface area contributed by atoms with Gasteiger partial charge in [-0.1, -0.05) is 18.2 Å². The van der Waals surface area contributed by atoms with Gasteiger partial charge in [-0.3, -0.25) is 14.9 Å². The van der Waals surface area contributed by atoms with Gasteiger partial charge in [0, 0.05) is 18.3 Å². The van der Waals surface area contributed by atoms with Gasteiger partial charge in [-0.2, -0.15) is 5.26 Å². The van der Waals surface area contributed by atoms with Gasteiger partial charge in [0.1, 0.15) is 0 Å². The molecule has 0 radical (unpaired) electrons. The highest BCUT2D eigenvalue weighted by Crippen LogP contribution is 2.29. The van der Waals surface area contributed by atoms with Crippen LogP contribution in [0.4, 0.5) is 11.4 Å². The SMILES string of the molecule is N#CCCN(C(=O)COc1ccc(S(N)(=O)=O)cc1[N+](=O)[O-])c1ccccc1. The molecule has 1 amide bonds. The van der Waals surface area contributed by atoms with Crippen LogP contribution in [0.15, 0.2) is 53.4 Å². The molecule has 2 N–H and O–H groups in total. The number of anilines is 1. The Hall–Kier alpha value is -3.49. The molecule has 0 saturated carbocycles. The molecule has 2 rings (SSSR count). The highest BCUT2D eigenvalue weighted by molar-refractivity contribution is 7.89. The van der Waals surface area contributed by atoms with Crippen molar-refractivity contribution in [2.45, 2.75) is 11.3 Å². The van der Waals surface area contributed by atoms with E-state index >= 15 is 0 Å². The van der Waals surface area contributed by atoms with E-state index in [0.717, 1.165) is 18.2 Å². The smallest absolute Gasteiger partial charge is 0.312 e. The molecule has 2 aromatic rings. The van der Waals surface area contributed by atoms with E-state index in [1.165, 1.54) is 4.90 Å². The maximum absolute atomic E-state index is 12.5. The molecule has 10 nitrogen and oxygen atoms in total. The summed E-state index contributed by atoms with van der Waals surface area (Å²) in [6.45, 7) is -0.426. The average molecular weight is 404 g/mol. The maximum Gasteiger partial charge on any atom is 0.312 e. The summed E-state index contributed by atoms with van der Waals surface area (Å²) in [5.41, 5.74) is -0.0898. The van der Waals surface area contributed by atoms with Gasteiger partial charge in [0.25, 0.3) is 5.91 Å². The molecule has 0 aliphatic rings. The Morgan fingerprint density at radius 3 is 2.50 bits per heavy atom. The molecule has 0 saturated heterocycles. The van der Waals surface area contributed by atoms with E-state index in [1.54, 1.807) is 30.3 Å². The lowest BCUT2D eigenvalue weighted by Gasteiger charge is -2.21. The van der Waals surface area contributed by atoms with Crippen LogP contribution in [0.25, 0.3) is 0 Å². The van der Waals surface area contributed by atoms with Crippen molar-refractivity contribution in [1.82, 2.24) is 0 Å². The molecular formula is C17H16N4O6S. The molecule has 0 spiro atoms. The predicted molar refractivity (Wildman–Crippen MR) is 99.0 cm³/mol. The van der Waals surface area contributed by atoms with Gasteiger partial charge < -0.3 is 9.64 Å². The molecule has 0 aliphatic heterocycles. The molecular weight excluding hydrogens is 388 g/mol. The van der Waals surface area contributed by atoms with Crippen LogP contribution in [0.3, 0.4) is 0 Å². The first-order valence-corrected chi connectivity index (χ1v) is 9.45. The molecule has 146 valence electrons. The van der Waals surface area contributed by atoms with Crippen molar-refractivity contribution in [3.8, 4) is 11.8 Å². The molecule has 0 atom stereocenters. The Bertz CT molecular complexity index is 1020. The second kappa shape index (κ2) is 8.94. The Balaban J connectivity index is 2.22. The number of nitro groups is 1. The zero-order valence-electron chi connectivity index (χ0n) is 14.5. The van der Waals surface area contributed by atoms with Crippen LogP contribution in [0.1, 0.15) is 6.42 Å². The summed E-state index contributed by atoms with van der Waals surface area (Å²) in [4.78, 5) is 23.8. The molecule has 0 aliphatic carbocycles. The number of primary sulfonamides is 1. The summed E-state index contributed by atoms with van der Waals surface area (Å²) in [6.07, 6.45) is 0.0871. The van der Waals surface area contributed by atoms with Crippen molar-refractivity contribution in [3.05, 3.63) is 58.6 Å². The normalized spacial score (nSPS) is 10.7. The van der Waals surface area contributed by atoms with Gasteiger partial charge >= 0.3 is 5.69 Å².